The van der Waals surface area contributed by atoms with Crippen LogP contribution >= 0.6 is 0 Å². The van der Waals surface area contributed by atoms with Gasteiger partial charge in [0.15, 0.2) is 0 Å². The van der Waals surface area contributed by atoms with E-state index in [0.717, 1.165) is 37.5 Å². The average Bonchev–Trinajstić information content (AvgIpc) is 3.52. The molecule has 2 heterocycles. The Morgan fingerprint density at radius 1 is 0.919 bits per heavy atom. The Morgan fingerprint density at radius 3 is 2.11 bits per heavy atom. The quantitative estimate of drug-likeness (QED) is 0.0334. The van der Waals surface area contributed by atoms with Crippen LogP contribution in [0, 0.1) is 41.7 Å². The zero-order valence-corrected chi connectivity index (χ0v) is 36.7. The van der Waals surface area contributed by atoms with Crippen LogP contribution in [0.1, 0.15) is 62.4 Å². The normalized spacial score (nSPS) is 18.9. The maximum absolute atomic E-state index is 14.5. The average molecular weight is 852 g/mol. The molecule has 0 saturated carbocycles. The van der Waals surface area contributed by atoms with Crippen molar-refractivity contribution in [2.24, 2.45) is 17.8 Å². The van der Waals surface area contributed by atoms with Crippen LogP contribution in [0.15, 0.2) is 133 Å². The van der Waals surface area contributed by atoms with Gasteiger partial charge in [-0.05, 0) is 118 Å². The van der Waals surface area contributed by atoms with Crippen LogP contribution in [0.25, 0.3) is 11.6 Å². The second-order valence-electron chi connectivity index (χ2n) is 17.4. The number of fused-ring (bicyclic) bond motifs is 1. The SMILES string of the molecule is Cc1cc(/C=C(/CC[C@@H](O)C2=C(CO[Si](c3ccccc3)(c3ccccc3)C(C)(C)C)C[C@H]3C(=O)N(c4cccc([N+](=O)[O-])c4)C(=O)[C@H]3[C@H]2CO)c2ccccn2)cc(C)c1O. The number of aliphatic hydroxyl groups excluding tert-OH is 2. The summed E-state index contributed by atoms with van der Waals surface area (Å²) in [7, 11) is -3.15. The van der Waals surface area contributed by atoms with E-state index in [1.807, 2.05) is 86.7 Å². The number of benzene rings is 4. The minimum atomic E-state index is -3.15. The molecule has 0 radical (unpaired) electrons. The molecule has 2 aliphatic rings. The Balaban J connectivity index is 1.33. The summed E-state index contributed by atoms with van der Waals surface area (Å²) in [4.78, 5) is 45.7. The molecular weight excluding hydrogens is 799 g/mol. The predicted octanol–water partition coefficient (Wildman–Crippen LogP) is 7.69. The number of non-ortho nitro benzene ring substituents is 1. The fraction of sp³-hybridized carbons (Fsp3) is 0.300. The fourth-order valence-corrected chi connectivity index (χ4v) is 14.1. The summed E-state index contributed by atoms with van der Waals surface area (Å²) in [5, 5.41) is 47.7. The van der Waals surface area contributed by atoms with Crippen molar-refractivity contribution in [1.29, 1.82) is 0 Å². The third kappa shape index (κ3) is 8.43. The summed E-state index contributed by atoms with van der Waals surface area (Å²) < 4.78 is 7.41. The third-order valence-electron chi connectivity index (χ3n) is 12.5. The van der Waals surface area contributed by atoms with Gasteiger partial charge in [-0.3, -0.25) is 24.7 Å². The molecular formula is C50H53N3O8Si. The van der Waals surface area contributed by atoms with Gasteiger partial charge in [0, 0.05) is 24.2 Å². The number of phenolic OH excluding ortho intramolecular Hbond substituents is 1. The topological polar surface area (TPSA) is 163 Å². The number of hydrogen-bond donors (Lipinski definition) is 3. The number of carbonyl (C=O) groups excluding carboxylic acids is 2. The number of aryl methyl sites for hydroxylation is 2. The number of aromatic hydroxyl groups is 1. The molecule has 4 atom stereocenters. The van der Waals surface area contributed by atoms with Gasteiger partial charge in [0.2, 0.25) is 11.8 Å². The molecule has 12 heteroatoms. The summed E-state index contributed by atoms with van der Waals surface area (Å²) in [6.45, 7) is 9.65. The smallest absolute Gasteiger partial charge is 0.271 e. The van der Waals surface area contributed by atoms with Crippen molar-refractivity contribution in [3.05, 3.63) is 165 Å². The number of nitro benzene ring substituents is 1. The van der Waals surface area contributed by atoms with Gasteiger partial charge in [-0.2, -0.15) is 0 Å². The summed E-state index contributed by atoms with van der Waals surface area (Å²) in [5.74, 6) is -3.75. The standard InChI is InChI=1S/C50H53N3O8Si/c1-32-25-34(26-33(2)47(32)56)27-35(43-21-12-13-24-51-43)22-23-44(55)45-36(31-61-62(50(3,4)5,39-17-8-6-9-18-39)40-19-10-7-11-20-40)28-41-46(42(45)30-54)49(58)52(48(41)57)37-15-14-16-38(29-37)53(59)60/h6-21,24-27,29,41-42,44,46,54-56H,22-23,28,30-31H2,1-5H3/b35-27-/t41-,42+,44-,46-/m1/s1. The molecule has 62 heavy (non-hydrogen) atoms. The lowest BCUT2D eigenvalue weighted by molar-refractivity contribution is -0.384. The minimum absolute atomic E-state index is 0.0205. The van der Waals surface area contributed by atoms with E-state index in [-0.39, 0.29) is 36.6 Å². The van der Waals surface area contributed by atoms with Crippen LogP contribution in [0.5, 0.6) is 5.75 Å². The number of carbonyl (C=O) groups is 2. The summed E-state index contributed by atoms with van der Waals surface area (Å²) in [5.41, 5.74) is 4.77. The highest BCUT2D eigenvalue weighted by Crippen LogP contribution is 2.48. The van der Waals surface area contributed by atoms with E-state index in [9.17, 15) is 35.0 Å². The van der Waals surface area contributed by atoms with Crippen molar-refractivity contribution in [3.63, 3.8) is 0 Å². The maximum atomic E-state index is 14.5. The maximum Gasteiger partial charge on any atom is 0.271 e. The first-order valence-corrected chi connectivity index (χ1v) is 22.9. The number of pyridine rings is 1. The van der Waals surface area contributed by atoms with Crippen LogP contribution in [-0.2, 0) is 14.0 Å². The molecule has 2 amide bonds. The monoisotopic (exact) mass is 851 g/mol. The van der Waals surface area contributed by atoms with E-state index < -0.39 is 60.6 Å². The highest BCUT2D eigenvalue weighted by Gasteiger charge is 2.56. The summed E-state index contributed by atoms with van der Waals surface area (Å²) in [6.07, 6.45) is 3.14. The van der Waals surface area contributed by atoms with Gasteiger partial charge in [0.1, 0.15) is 5.75 Å². The molecule has 7 rings (SSSR count). The van der Waals surface area contributed by atoms with Gasteiger partial charge in [0.05, 0.1) is 47.5 Å². The van der Waals surface area contributed by atoms with Crippen molar-refractivity contribution in [3.8, 4) is 5.75 Å². The number of hydrogen-bond acceptors (Lipinski definition) is 9. The molecule has 3 N–H and O–H groups in total. The van der Waals surface area contributed by atoms with E-state index in [2.05, 4.69) is 50.0 Å². The van der Waals surface area contributed by atoms with Crippen molar-refractivity contribution in [2.45, 2.75) is 65.0 Å². The molecule has 1 aromatic heterocycles. The summed E-state index contributed by atoms with van der Waals surface area (Å²) >= 11 is 0. The number of nitro groups is 1. The molecule has 0 unspecified atom stereocenters. The van der Waals surface area contributed by atoms with Gasteiger partial charge in [-0.25, -0.2) is 4.90 Å². The minimum Gasteiger partial charge on any atom is -0.507 e. The van der Waals surface area contributed by atoms with Gasteiger partial charge < -0.3 is 19.7 Å². The molecule has 1 saturated heterocycles. The Hall–Kier alpha value is -6.05. The Bertz CT molecular complexity index is 2460. The number of rotatable bonds is 14. The molecule has 5 aromatic rings. The van der Waals surface area contributed by atoms with E-state index in [0.29, 0.717) is 23.3 Å². The summed E-state index contributed by atoms with van der Waals surface area (Å²) in [6, 6.07) is 35.1. The second kappa shape index (κ2) is 18.1. The van der Waals surface area contributed by atoms with Crippen molar-refractivity contribution in [1.82, 2.24) is 4.98 Å². The zero-order chi connectivity index (χ0) is 44.3. The van der Waals surface area contributed by atoms with Crippen LogP contribution in [0.4, 0.5) is 11.4 Å². The lowest BCUT2D eigenvalue weighted by atomic mass is 9.68. The number of nitrogens with zero attached hydrogens (tertiary/aromatic N) is 3. The van der Waals surface area contributed by atoms with Crippen LogP contribution in [0.2, 0.25) is 5.04 Å². The van der Waals surface area contributed by atoms with E-state index >= 15 is 0 Å². The highest BCUT2D eigenvalue weighted by atomic mass is 28.4. The number of imide groups is 1. The molecule has 0 spiro atoms. The van der Waals surface area contributed by atoms with E-state index in [1.165, 1.54) is 24.3 Å². The van der Waals surface area contributed by atoms with E-state index in [1.54, 1.807) is 6.20 Å². The molecule has 320 valence electrons. The van der Waals surface area contributed by atoms with Gasteiger partial charge in [-0.15, -0.1) is 0 Å². The zero-order valence-electron chi connectivity index (χ0n) is 35.7. The second-order valence-corrected chi connectivity index (χ2v) is 21.7. The van der Waals surface area contributed by atoms with E-state index in [4.69, 9.17) is 4.43 Å². The predicted molar refractivity (Wildman–Crippen MR) is 243 cm³/mol. The molecule has 1 fully saturated rings. The molecule has 1 aliphatic carbocycles. The number of aliphatic hydroxyl groups is 2. The first kappa shape index (κ1) is 44.0. The highest BCUT2D eigenvalue weighted by molar-refractivity contribution is 6.99. The number of aromatic nitrogens is 1. The largest absolute Gasteiger partial charge is 0.507 e. The number of anilines is 1. The Labute approximate surface area is 363 Å². The first-order chi connectivity index (χ1) is 29.7. The fourth-order valence-electron chi connectivity index (χ4n) is 9.60. The Morgan fingerprint density at radius 2 is 1.55 bits per heavy atom. The third-order valence-corrected chi connectivity index (χ3v) is 17.4. The number of amides is 2. The van der Waals surface area contributed by atoms with Crippen LogP contribution < -0.4 is 15.3 Å². The van der Waals surface area contributed by atoms with Crippen molar-refractivity contribution < 1.29 is 34.3 Å². The van der Waals surface area contributed by atoms with Crippen LogP contribution in [-0.4, -0.2) is 64.7 Å². The van der Waals surface area contributed by atoms with Gasteiger partial charge >= 0.3 is 0 Å². The van der Waals surface area contributed by atoms with Gasteiger partial charge in [-0.1, -0.05) is 93.6 Å². The molecule has 4 aromatic carbocycles. The van der Waals surface area contributed by atoms with Crippen LogP contribution in [0.3, 0.4) is 0 Å². The van der Waals surface area contributed by atoms with Crippen molar-refractivity contribution in [2.75, 3.05) is 18.1 Å². The molecule has 0 bridgehead atoms. The Kier molecular flexibility index (Phi) is 12.9. The van der Waals surface area contributed by atoms with Crippen molar-refractivity contribution >= 4 is 53.5 Å². The lowest BCUT2D eigenvalue weighted by Crippen LogP contribution is -2.66. The molecule has 11 nitrogen and oxygen atoms in total. The number of phenols is 1. The lowest BCUT2D eigenvalue weighted by Gasteiger charge is -2.44. The molecule has 1 aliphatic heterocycles. The van der Waals surface area contributed by atoms with Gasteiger partial charge in [0.25, 0.3) is 14.0 Å². The number of allylic oxidation sites excluding steroid dienone is 1. The first-order valence-electron chi connectivity index (χ1n) is 21.0.